The Kier molecular flexibility index (Phi) is 5.70. The number of urea groups is 1. The summed E-state index contributed by atoms with van der Waals surface area (Å²) < 4.78 is 2.93. The van der Waals surface area contributed by atoms with Gasteiger partial charge in [-0.25, -0.2) is 9.69 Å². The van der Waals surface area contributed by atoms with Crippen molar-refractivity contribution < 1.29 is 14.4 Å². The van der Waals surface area contributed by atoms with Crippen molar-refractivity contribution in [2.24, 2.45) is 0 Å². The van der Waals surface area contributed by atoms with Gasteiger partial charge in [-0.3, -0.25) is 14.9 Å². The molecule has 4 aromatic carbocycles. The van der Waals surface area contributed by atoms with Crippen LogP contribution in [0.2, 0.25) is 0 Å². The van der Waals surface area contributed by atoms with E-state index < -0.39 is 17.8 Å². The second-order valence-corrected chi connectivity index (χ2v) is 9.72. The highest BCUT2D eigenvalue weighted by Gasteiger charge is 2.37. The Morgan fingerprint density at radius 2 is 1.49 bits per heavy atom. The van der Waals surface area contributed by atoms with E-state index in [9.17, 15) is 14.4 Å². The highest BCUT2D eigenvalue weighted by atomic mass is 79.9. The molecule has 0 spiro atoms. The fourth-order valence-corrected chi connectivity index (χ4v) is 5.04. The van der Waals surface area contributed by atoms with Crippen LogP contribution in [-0.4, -0.2) is 22.4 Å². The monoisotopic (exact) mass is 549 g/mol. The van der Waals surface area contributed by atoms with Crippen molar-refractivity contribution in [2.75, 3.05) is 4.90 Å². The van der Waals surface area contributed by atoms with E-state index >= 15 is 0 Å². The quantitative estimate of drug-likeness (QED) is 0.212. The number of hydrogen-bond acceptors (Lipinski definition) is 3. The topological polar surface area (TPSA) is 71.4 Å². The molecule has 1 aromatic heterocycles. The highest BCUT2D eigenvalue weighted by Crippen LogP contribution is 2.29. The molecule has 0 saturated carbocycles. The molecule has 6 rings (SSSR count). The molecular formula is C30H20BrN3O3. The molecule has 1 aliphatic heterocycles. The summed E-state index contributed by atoms with van der Waals surface area (Å²) in [5, 5.41) is 5.55. The number of para-hydroxylation sites is 1. The molecule has 0 radical (unpaired) electrons. The summed E-state index contributed by atoms with van der Waals surface area (Å²) in [7, 11) is 0. The molecule has 5 aromatic rings. The molecule has 2 heterocycles. The highest BCUT2D eigenvalue weighted by molar-refractivity contribution is 9.10. The molecule has 1 aliphatic rings. The summed E-state index contributed by atoms with van der Waals surface area (Å²) in [6.07, 6.45) is 3.51. The minimum absolute atomic E-state index is 0.101. The van der Waals surface area contributed by atoms with Crippen LogP contribution >= 0.6 is 15.9 Å². The number of rotatable bonds is 4. The lowest BCUT2D eigenvalue weighted by molar-refractivity contribution is -0.122. The minimum atomic E-state index is -0.771. The largest absolute Gasteiger partial charge is 0.342 e. The van der Waals surface area contributed by atoms with Gasteiger partial charge in [-0.05, 0) is 52.7 Å². The number of fused-ring (bicyclic) bond motifs is 2. The van der Waals surface area contributed by atoms with Gasteiger partial charge in [-0.1, -0.05) is 76.6 Å². The van der Waals surface area contributed by atoms with Gasteiger partial charge in [0, 0.05) is 33.7 Å². The number of aromatic nitrogens is 1. The number of nitrogens with one attached hydrogen (secondary N) is 1. The van der Waals surface area contributed by atoms with E-state index in [1.807, 2.05) is 48.7 Å². The van der Waals surface area contributed by atoms with Crippen LogP contribution in [-0.2, 0) is 16.1 Å². The van der Waals surface area contributed by atoms with Crippen LogP contribution < -0.4 is 10.2 Å². The lowest BCUT2D eigenvalue weighted by Crippen LogP contribution is -2.54. The first-order valence-electron chi connectivity index (χ1n) is 11.7. The van der Waals surface area contributed by atoms with E-state index in [1.54, 1.807) is 30.3 Å². The lowest BCUT2D eigenvalue weighted by atomic mass is 10.0. The number of hydrogen-bond donors (Lipinski definition) is 1. The molecule has 1 saturated heterocycles. The Morgan fingerprint density at radius 3 is 2.30 bits per heavy atom. The normalized spacial score (nSPS) is 15.1. The van der Waals surface area contributed by atoms with Crippen LogP contribution in [0.4, 0.5) is 10.5 Å². The zero-order valence-corrected chi connectivity index (χ0v) is 21.1. The summed E-state index contributed by atoms with van der Waals surface area (Å²) in [5.41, 5.74) is 3.14. The smallest absolute Gasteiger partial charge is 0.335 e. The number of amides is 4. The maximum Gasteiger partial charge on any atom is 0.335 e. The SMILES string of the molecule is O=C1NC(=O)N(c2ccc(Br)cc2)C(=O)/C1=C\c1cn(Cc2cccc3ccccc23)c2ccccc12. The molecule has 0 aliphatic carbocycles. The Hall–Kier alpha value is -4.49. The van der Waals surface area contributed by atoms with E-state index in [0.29, 0.717) is 12.2 Å². The fraction of sp³-hybridized carbons (Fsp3) is 0.0333. The first-order chi connectivity index (χ1) is 18.0. The van der Waals surface area contributed by atoms with Gasteiger partial charge in [-0.2, -0.15) is 0 Å². The predicted molar refractivity (Wildman–Crippen MR) is 148 cm³/mol. The molecule has 7 heteroatoms. The standard InChI is InChI=1S/C30H20BrN3O3/c31-22-12-14-23(15-13-22)34-29(36)26(28(35)32-30(34)37)16-21-18-33(27-11-4-3-10-25(21)27)17-20-8-5-7-19-6-1-2-9-24(19)20/h1-16,18H,17H2,(H,32,35,37)/b26-16-. The Bertz CT molecular complexity index is 1750. The molecule has 0 bridgehead atoms. The van der Waals surface area contributed by atoms with Crippen LogP contribution in [0.1, 0.15) is 11.1 Å². The van der Waals surface area contributed by atoms with E-state index in [1.165, 1.54) is 10.8 Å². The number of carbonyl (C=O) groups excluding carboxylic acids is 3. The summed E-state index contributed by atoms with van der Waals surface area (Å²) in [6, 6.07) is 28.3. The van der Waals surface area contributed by atoms with Crippen molar-refractivity contribution in [3.05, 3.63) is 118 Å². The van der Waals surface area contributed by atoms with Gasteiger partial charge in [-0.15, -0.1) is 0 Å². The molecule has 180 valence electrons. The second-order valence-electron chi connectivity index (χ2n) is 8.80. The number of benzene rings is 4. The van der Waals surface area contributed by atoms with Crippen LogP contribution in [0, 0.1) is 0 Å². The molecule has 0 atom stereocenters. The first-order valence-corrected chi connectivity index (χ1v) is 12.5. The van der Waals surface area contributed by atoms with Crippen LogP contribution in [0.15, 0.2) is 107 Å². The van der Waals surface area contributed by atoms with Crippen molar-refractivity contribution in [2.45, 2.75) is 6.54 Å². The number of carbonyl (C=O) groups is 3. The van der Waals surface area contributed by atoms with E-state index in [2.05, 4.69) is 50.1 Å². The number of anilines is 1. The van der Waals surface area contributed by atoms with E-state index in [-0.39, 0.29) is 5.57 Å². The molecule has 1 N–H and O–H groups in total. The number of nitrogens with zero attached hydrogens (tertiary/aromatic N) is 2. The minimum Gasteiger partial charge on any atom is -0.342 e. The zero-order chi connectivity index (χ0) is 25.5. The van der Waals surface area contributed by atoms with Crippen molar-refractivity contribution in [3.63, 3.8) is 0 Å². The Balaban J connectivity index is 1.43. The van der Waals surface area contributed by atoms with Gasteiger partial charge < -0.3 is 4.57 Å². The van der Waals surface area contributed by atoms with Gasteiger partial charge in [0.2, 0.25) is 0 Å². The molecule has 37 heavy (non-hydrogen) atoms. The van der Waals surface area contributed by atoms with Crippen LogP contribution in [0.3, 0.4) is 0 Å². The van der Waals surface area contributed by atoms with Crippen molar-refractivity contribution in [1.29, 1.82) is 0 Å². The van der Waals surface area contributed by atoms with Gasteiger partial charge >= 0.3 is 6.03 Å². The molecule has 0 unspecified atom stereocenters. The van der Waals surface area contributed by atoms with Crippen LogP contribution in [0.5, 0.6) is 0 Å². The van der Waals surface area contributed by atoms with Crippen LogP contribution in [0.25, 0.3) is 27.8 Å². The third-order valence-corrected chi connectivity index (χ3v) is 7.06. The molecule has 1 fully saturated rings. The summed E-state index contributed by atoms with van der Waals surface area (Å²) in [6.45, 7) is 0.620. The summed E-state index contributed by atoms with van der Waals surface area (Å²) in [4.78, 5) is 39.7. The number of halogens is 1. The van der Waals surface area contributed by atoms with Crippen molar-refractivity contribution >= 4 is 67.2 Å². The number of barbiturate groups is 1. The zero-order valence-electron chi connectivity index (χ0n) is 19.5. The van der Waals surface area contributed by atoms with Gasteiger partial charge in [0.05, 0.1) is 5.69 Å². The van der Waals surface area contributed by atoms with Gasteiger partial charge in [0.25, 0.3) is 11.8 Å². The predicted octanol–water partition coefficient (Wildman–Crippen LogP) is 6.27. The van der Waals surface area contributed by atoms with Crippen molar-refractivity contribution in [1.82, 2.24) is 9.88 Å². The lowest BCUT2D eigenvalue weighted by Gasteiger charge is -2.26. The van der Waals surface area contributed by atoms with Crippen molar-refractivity contribution in [3.8, 4) is 0 Å². The maximum atomic E-state index is 13.4. The Morgan fingerprint density at radius 1 is 0.784 bits per heavy atom. The average Bonchev–Trinajstić information content (AvgIpc) is 3.25. The molecule has 4 amide bonds. The maximum absolute atomic E-state index is 13.4. The second kappa shape index (κ2) is 9.19. The fourth-order valence-electron chi connectivity index (χ4n) is 4.77. The first kappa shape index (κ1) is 22.9. The number of imide groups is 2. The third-order valence-electron chi connectivity index (χ3n) is 6.53. The molecule has 6 nitrogen and oxygen atoms in total. The summed E-state index contributed by atoms with van der Waals surface area (Å²) >= 11 is 3.36. The van der Waals surface area contributed by atoms with Gasteiger partial charge in [0.1, 0.15) is 5.57 Å². The Labute approximate surface area is 220 Å². The molecular weight excluding hydrogens is 530 g/mol. The van der Waals surface area contributed by atoms with E-state index in [0.717, 1.165) is 31.4 Å². The van der Waals surface area contributed by atoms with E-state index in [4.69, 9.17) is 0 Å². The third kappa shape index (κ3) is 4.13. The average molecular weight is 550 g/mol. The van der Waals surface area contributed by atoms with Gasteiger partial charge in [0.15, 0.2) is 0 Å². The summed E-state index contributed by atoms with van der Waals surface area (Å²) in [5.74, 6) is -1.38.